The van der Waals surface area contributed by atoms with Crippen LogP contribution in [0, 0.1) is 0 Å². The van der Waals surface area contributed by atoms with E-state index in [1.54, 1.807) is 23.1 Å². The predicted molar refractivity (Wildman–Crippen MR) is 104 cm³/mol. The number of rotatable bonds is 3. The van der Waals surface area contributed by atoms with Crippen molar-refractivity contribution in [3.05, 3.63) is 76.1 Å². The molecule has 1 N–H and O–H groups in total. The largest absolute Gasteiger partial charge is 0.416 e. The maximum Gasteiger partial charge on any atom is 0.416 e. The van der Waals surface area contributed by atoms with E-state index in [2.05, 4.69) is 15.3 Å². The minimum atomic E-state index is -4.44. The number of pyridine rings is 1. The SMILES string of the molecule is O=C(Nc1nc2c(s1)CN(C(=O)c1ccc(C(F)(F)F)cc1)CC2)c1ccccn1. The van der Waals surface area contributed by atoms with Crippen molar-refractivity contribution < 1.29 is 22.8 Å². The van der Waals surface area contributed by atoms with Gasteiger partial charge in [0.1, 0.15) is 5.69 Å². The molecule has 0 bridgehead atoms. The Labute approximate surface area is 173 Å². The molecule has 1 aliphatic rings. The Morgan fingerprint density at radius 3 is 2.53 bits per heavy atom. The van der Waals surface area contributed by atoms with E-state index in [-0.39, 0.29) is 29.6 Å². The molecule has 0 saturated carbocycles. The van der Waals surface area contributed by atoms with Crippen molar-refractivity contribution in [2.24, 2.45) is 0 Å². The minimum absolute atomic E-state index is 0.194. The van der Waals surface area contributed by atoms with Gasteiger partial charge in [-0.2, -0.15) is 13.2 Å². The molecule has 0 fully saturated rings. The molecule has 6 nitrogen and oxygen atoms in total. The molecule has 2 amide bonds. The molecule has 154 valence electrons. The van der Waals surface area contributed by atoms with Gasteiger partial charge in [0.15, 0.2) is 5.13 Å². The molecular weight excluding hydrogens is 417 g/mol. The molecule has 3 aromatic rings. The lowest BCUT2D eigenvalue weighted by Crippen LogP contribution is -2.35. The van der Waals surface area contributed by atoms with Crippen LogP contribution in [0.2, 0.25) is 0 Å². The van der Waals surface area contributed by atoms with Crippen molar-refractivity contribution in [3.8, 4) is 0 Å². The fourth-order valence-electron chi connectivity index (χ4n) is 3.06. The minimum Gasteiger partial charge on any atom is -0.333 e. The summed E-state index contributed by atoms with van der Waals surface area (Å²) in [5.41, 5.74) is 0.466. The zero-order valence-electron chi connectivity index (χ0n) is 15.4. The normalized spacial score (nSPS) is 13.6. The standard InChI is InChI=1S/C20H15F3N4O2S/c21-20(22,23)13-6-4-12(5-7-13)18(29)27-10-8-14-16(11-27)30-19(25-14)26-17(28)15-3-1-2-9-24-15/h1-7,9H,8,10-11H2,(H,25,26,28). The van der Waals surface area contributed by atoms with Gasteiger partial charge >= 0.3 is 6.18 Å². The highest BCUT2D eigenvalue weighted by Crippen LogP contribution is 2.31. The number of anilines is 1. The number of amides is 2. The number of hydrogen-bond donors (Lipinski definition) is 1. The summed E-state index contributed by atoms with van der Waals surface area (Å²) < 4.78 is 38.1. The number of thiazole rings is 1. The molecule has 0 unspecified atom stereocenters. The summed E-state index contributed by atoms with van der Waals surface area (Å²) in [6, 6.07) is 9.19. The maximum atomic E-state index is 12.7. The van der Waals surface area contributed by atoms with Crippen LogP contribution in [0.1, 0.15) is 37.0 Å². The lowest BCUT2D eigenvalue weighted by Gasteiger charge is -2.26. The van der Waals surface area contributed by atoms with Crippen LogP contribution >= 0.6 is 11.3 Å². The second kappa shape index (κ2) is 7.86. The zero-order valence-corrected chi connectivity index (χ0v) is 16.3. The monoisotopic (exact) mass is 432 g/mol. The first-order chi connectivity index (χ1) is 14.3. The molecule has 10 heteroatoms. The van der Waals surface area contributed by atoms with E-state index in [1.807, 2.05) is 0 Å². The van der Waals surface area contributed by atoms with Gasteiger partial charge < -0.3 is 4.90 Å². The van der Waals surface area contributed by atoms with Crippen molar-refractivity contribution in [2.45, 2.75) is 19.1 Å². The van der Waals surface area contributed by atoms with Gasteiger partial charge in [-0.1, -0.05) is 17.4 Å². The number of fused-ring (bicyclic) bond motifs is 1. The first-order valence-electron chi connectivity index (χ1n) is 8.99. The third kappa shape index (κ3) is 4.18. The van der Waals surface area contributed by atoms with E-state index in [1.165, 1.54) is 29.7 Å². The summed E-state index contributed by atoms with van der Waals surface area (Å²) in [4.78, 5) is 35.7. The van der Waals surface area contributed by atoms with E-state index in [0.29, 0.717) is 18.1 Å². The number of alkyl halides is 3. The second-order valence-corrected chi connectivity index (χ2v) is 7.69. The molecule has 30 heavy (non-hydrogen) atoms. The number of hydrogen-bond acceptors (Lipinski definition) is 5. The molecule has 3 heterocycles. The van der Waals surface area contributed by atoms with Crippen molar-refractivity contribution >= 4 is 28.3 Å². The number of aromatic nitrogens is 2. The number of halogens is 3. The molecule has 2 aromatic heterocycles. The summed E-state index contributed by atoms with van der Waals surface area (Å²) >= 11 is 1.27. The molecule has 0 saturated heterocycles. The Morgan fingerprint density at radius 1 is 1.10 bits per heavy atom. The first kappa shape index (κ1) is 20.0. The highest BCUT2D eigenvalue weighted by molar-refractivity contribution is 7.15. The van der Waals surface area contributed by atoms with Crippen LogP contribution in [-0.4, -0.2) is 33.2 Å². The van der Waals surface area contributed by atoms with Gasteiger partial charge in [-0.15, -0.1) is 0 Å². The van der Waals surface area contributed by atoms with Crippen molar-refractivity contribution in [3.63, 3.8) is 0 Å². The summed E-state index contributed by atoms with van der Waals surface area (Å²) in [5.74, 6) is -0.721. The lowest BCUT2D eigenvalue weighted by molar-refractivity contribution is -0.137. The highest BCUT2D eigenvalue weighted by atomic mass is 32.1. The van der Waals surface area contributed by atoms with Crippen LogP contribution < -0.4 is 5.32 Å². The van der Waals surface area contributed by atoms with Crippen LogP contribution in [-0.2, 0) is 19.1 Å². The molecule has 4 rings (SSSR count). The van der Waals surface area contributed by atoms with Crippen LogP contribution in [0.5, 0.6) is 0 Å². The Balaban J connectivity index is 1.45. The van der Waals surface area contributed by atoms with Crippen molar-refractivity contribution in [2.75, 3.05) is 11.9 Å². The Kier molecular flexibility index (Phi) is 5.25. The van der Waals surface area contributed by atoms with Crippen LogP contribution in [0.25, 0.3) is 0 Å². The Bertz CT molecular complexity index is 1080. The Hall–Kier alpha value is -3.27. The van der Waals surface area contributed by atoms with Gasteiger partial charge in [0.2, 0.25) is 0 Å². The summed E-state index contributed by atoms with van der Waals surface area (Å²) in [6.07, 6.45) is -2.43. The summed E-state index contributed by atoms with van der Waals surface area (Å²) in [6.45, 7) is 0.677. The number of carbonyl (C=O) groups is 2. The third-order valence-corrected chi connectivity index (χ3v) is 5.59. The van der Waals surface area contributed by atoms with Crippen LogP contribution in [0.3, 0.4) is 0 Å². The summed E-state index contributed by atoms with van der Waals surface area (Å²) in [7, 11) is 0. The van der Waals surface area contributed by atoms with E-state index < -0.39 is 11.7 Å². The number of nitrogens with zero attached hydrogens (tertiary/aromatic N) is 3. The maximum absolute atomic E-state index is 12.7. The molecular formula is C20H15F3N4O2S. The number of benzene rings is 1. The third-order valence-electron chi connectivity index (χ3n) is 4.60. The highest BCUT2D eigenvalue weighted by Gasteiger charge is 2.31. The van der Waals surface area contributed by atoms with E-state index in [9.17, 15) is 22.8 Å². The fraction of sp³-hybridized carbons (Fsp3) is 0.200. The molecule has 0 radical (unpaired) electrons. The lowest BCUT2D eigenvalue weighted by atomic mass is 10.1. The quantitative estimate of drug-likeness (QED) is 0.679. The van der Waals surface area contributed by atoms with Gasteiger partial charge in [0.25, 0.3) is 11.8 Å². The molecule has 0 atom stereocenters. The van der Waals surface area contributed by atoms with Crippen molar-refractivity contribution in [1.29, 1.82) is 0 Å². The van der Waals surface area contributed by atoms with Gasteiger partial charge in [-0.05, 0) is 36.4 Å². The Morgan fingerprint density at radius 2 is 1.87 bits per heavy atom. The molecule has 0 aliphatic carbocycles. The molecule has 0 spiro atoms. The second-order valence-electron chi connectivity index (χ2n) is 6.61. The van der Waals surface area contributed by atoms with Gasteiger partial charge in [-0.3, -0.25) is 19.9 Å². The van der Waals surface area contributed by atoms with Gasteiger partial charge in [0, 0.05) is 29.6 Å². The van der Waals surface area contributed by atoms with E-state index in [4.69, 9.17) is 0 Å². The molecule has 1 aromatic carbocycles. The number of carbonyl (C=O) groups excluding carboxylic acids is 2. The summed E-state index contributed by atoms with van der Waals surface area (Å²) in [5, 5.41) is 3.12. The smallest absolute Gasteiger partial charge is 0.333 e. The van der Waals surface area contributed by atoms with E-state index >= 15 is 0 Å². The number of nitrogens with one attached hydrogen (secondary N) is 1. The first-order valence-corrected chi connectivity index (χ1v) is 9.80. The van der Waals surface area contributed by atoms with Gasteiger partial charge in [-0.25, -0.2) is 4.98 Å². The van der Waals surface area contributed by atoms with Gasteiger partial charge in [0.05, 0.1) is 17.8 Å². The fourth-order valence-corrected chi connectivity index (χ4v) is 4.08. The average molecular weight is 432 g/mol. The zero-order chi connectivity index (χ0) is 21.3. The molecule has 1 aliphatic heterocycles. The topological polar surface area (TPSA) is 75.2 Å². The van der Waals surface area contributed by atoms with E-state index in [0.717, 1.165) is 22.7 Å². The van der Waals surface area contributed by atoms with Crippen LogP contribution in [0.4, 0.5) is 18.3 Å². The van der Waals surface area contributed by atoms with Crippen LogP contribution in [0.15, 0.2) is 48.7 Å². The average Bonchev–Trinajstić information content (AvgIpc) is 3.14. The predicted octanol–water partition coefficient (Wildman–Crippen LogP) is 4.01. The van der Waals surface area contributed by atoms with Crippen molar-refractivity contribution in [1.82, 2.24) is 14.9 Å².